The second-order valence-electron chi connectivity index (χ2n) is 16.6. The second kappa shape index (κ2) is 18.2. The van der Waals surface area contributed by atoms with Crippen LogP contribution in [0, 0.1) is 11.8 Å². The molecule has 2 aliphatic heterocycles. The number of H-pyrrole nitrogens is 2. The molecule has 0 saturated carbocycles. The molecule has 0 radical (unpaired) electrons. The SMILES string of the molecule is COC(=O)NC(C(=O)N1CCC[C@H]1c1ncc(-c2ccc(-c3csc4c(-c5ccc(-c6cnc([C@@H]7CCCN7C(=O)C(NC(=O)OC)C(C)C)[nH]6)cc5)csc34)cc2)[nH]1)C(C)C. The monoisotopic (exact) mass is 876 g/mol. The van der Waals surface area contributed by atoms with Crippen LogP contribution in [0.15, 0.2) is 71.7 Å². The standard InChI is InChI=1S/C46H52N8O6S2/c1-25(2)37(51-45(57)59-5)43(55)53-19-7-9-35(53)41-47-21-33(49-41)29-15-11-27(12-16-29)31-23-61-40-32(24-62-39(31)40)28-13-17-30(18-14-28)34-22-48-42(50-34)36-10-8-20-54(36)44(56)38(26(3)4)52-46(58)60-6/h11-18,21-26,35-38H,7-10,19-20H2,1-6H3,(H,47,49)(H,48,50)(H,51,57)(H,52,58)/t35-,36-,37?,38?/m0/s1. The molecule has 2 unspecified atom stereocenters. The van der Waals surface area contributed by atoms with Gasteiger partial charge >= 0.3 is 12.2 Å². The van der Waals surface area contributed by atoms with E-state index >= 15 is 0 Å². The van der Waals surface area contributed by atoms with E-state index in [1.165, 1.54) is 34.7 Å². The molecule has 2 saturated heterocycles. The summed E-state index contributed by atoms with van der Waals surface area (Å²) < 4.78 is 12.0. The number of carbonyl (C=O) groups is 4. The van der Waals surface area contributed by atoms with E-state index in [1.54, 1.807) is 22.7 Å². The number of benzene rings is 2. The van der Waals surface area contributed by atoms with E-state index in [2.05, 4.69) is 79.9 Å². The maximum atomic E-state index is 13.6. The number of fused-ring (bicyclic) bond motifs is 1. The molecule has 4 amide bonds. The molecule has 0 bridgehead atoms. The summed E-state index contributed by atoms with van der Waals surface area (Å²) in [5, 5.41) is 9.87. The molecule has 2 fully saturated rings. The normalized spacial score (nSPS) is 17.5. The Bertz CT molecular complexity index is 2380. The van der Waals surface area contributed by atoms with E-state index < -0.39 is 24.3 Å². The summed E-state index contributed by atoms with van der Waals surface area (Å²) in [6.45, 7) is 8.83. The molecule has 4 N–H and O–H groups in total. The van der Waals surface area contributed by atoms with Crippen LogP contribution in [0.4, 0.5) is 9.59 Å². The van der Waals surface area contributed by atoms with Crippen LogP contribution in [-0.4, -0.2) is 93.1 Å². The van der Waals surface area contributed by atoms with Crippen LogP contribution in [-0.2, 0) is 19.1 Å². The van der Waals surface area contributed by atoms with Crippen molar-refractivity contribution in [1.82, 2.24) is 40.4 Å². The average Bonchev–Trinajstić information content (AvgIpc) is 4.14. The number of hydrogen-bond acceptors (Lipinski definition) is 10. The molecule has 324 valence electrons. The summed E-state index contributed by atoms with van der Waals surface area (Å²) in [6, 6.07) is 15.2. The number of amides is 4. The lowest BCUT2D eigenvalue weighted by atomic mass is 10.0. The minimum atomic E-state index is -0.685. The minimum absolute atomic E-state index is 0.103. The fraction of sp³-hybridized carbons (Fsp3) is 0.391. The second-order valence-corrected chi connectivity index (χ2v) is 18.3. The van der Waals surface area contributed by atoms with Crippen LogP contribution in [0.1, 0.15) is 77.1 Å². The molecule has 6 aromatic rings. The molecule has 0 spiro atoms. The minimum Gasteiger partial charge on any atom is -0.453 e. The van der Waals surface area contributed by atoms with Crippen molar-refractivity contribution in [3.8, 4) is 44.8 Å². The summed E-state index contributed by atoms with van der Waals surface area (Å²) in [4.78, 5) is 71.2. The molecule has 4 atom stereocenters. The number of hydrogen-bond donors (Lipinski definition) is 4. The van der Waals surface area contributed by atoms with E-state index in [0.29, 0.717) is 13.1 Å². The number of nitrogens with zero attached hydrogens (tertiary/aromatic N) is 4. The highest BCUT2D eigenvalue weighted by Gasteiger charge is 2.39. The summed E-state index contributed by atoms with van der Waals surface area (Å²) in [6.07, 6.45) is 5.69. The number of carbonyl (C=O) groups excluding carboxylic acids is 4. The zero-order valence-corrected chi connectivity index (χ0v) is 37.3. The van der Waals surface area contributed by atoms with E-state index in [-0.39, 0.29) is 35.7 Å². The Balaban J connectivity index is 0.937. The van der Waals surface area contributed by atoms with Gasteiger partial charge in [0.15, 0.2) is 0 Å². The van der Waals surface area contributed by atoms with Crippen molar-refractivity contribution in [2.24, 2.45) is 11.8 Å². The number of ether oxygens (including phenoxy) is 2. The van der Waals surface area contributed by atoms with Gasteiger partial charge in [0.25, 0.3) is 0 Å². The Labute approximate surface area is 368 Å². The maximum Gasteiger partial charge on any atom is 0.407 e. The van der Waals surface area contributed by atoms with Crippen LogP contribution in [0.25, 0.3) is 54.2 Å². The number of nitrogens with one attached hydrogen (secondary N) is 4. The van der Waals surface area contributed by atoms with Crippen molar-refractivity contribution < 1.29 is 28.7 Å². The molecular formula is C46H52N8O6S2. The van der Waals surface area contributed by atoms with Crippen molar-refractivity contribution in [3.63, 3.8) is 0 Å². The van der Waals surface area contributed by atoms with Crippen LogP contribution in [0.2, 0.25) is 0 Å². The number of aromatic amines is 2. The molecular weight excluding hydrogens is 825 g/mol. The lowest BCUT2D eigenvalue weighted by Crippen LogP contribution is -2.51. The Morgan fingerprint density at radius 1 is 0.629 bits per heavy atom. The van der Waals surface area contributed by atoms with Crippen LogP contribution in [0.5, 0.6) is 0 Å². The predicted molar refractivity (Wildman–Crippen MR) is 241 cm³/mol. The zero-order chi connectivity index (χ0) is 43.7. The number of rotatable bonds is 12. The van der Waals surface area contributed by atoms with Gasteiger partial charge in [0.1, 0.15) is 23.7 Å². The van der Waals surface area contributed by atoms with Gasteiger partial charge in [0.2, 0.25) is 11.8 Å². The molecule has 14 nitrogen and oxygen atoms in total. The first-order valence-electron chi connectivity index (χ1n) is 21.1. The highest BCUT2D eigenvalue weighted by molar-refractivity contribution is 7.27. The highest BCUT2D eigenvalue weighted by Crippen LogP contribution is 2.45. The first-order valence-corrected chi connectivity index (χ1v) is 22.8. The number of methoxy groups -OCH3 is 2. The third-order valence-electron chi connectivity index (χ3n) is 12.0. The predicted octanol–water partition coefficient (Wildman–Crippen LogP) is 9.17. The van der Waals surface area contributed by atoms with E-state index in [1.807, 2.05) is 49.9 Å². The molecule has 8 rings (SSSR count). The average molecular weight is 877 g/mol. The number of thiophene rings is 2. The van der Waals surface area contributed by atoms with E-state index in [0.717, 1.165) is 71.0 Å². The summed E-state index contributed by atoms with van der Waals surface area (Å²) >= 11 is 3.49. The largest absolute Gasteiger partial charge is 0.453 e. The Hall–Kier alpha value is -6.00. The van der Waals surface area contributed by atoms with Crippen molar-refractivity contribution in [1.29, 1.82) is 0 Å². The lowest BCUT2D eigenvalue weighted by molar-refractivity contribution is -0.136. The van der Waals surface area contributed by atoms with Gasteiger partial charge in [-0.1, -0.05) is 76.2 Å². The fourth-order valence-corrected chi connectivity index (χ4v) is 11.0. The first-order chi connectivity index (χ1) is 29.9. The van der Waals surface area contributed by atoms with Crippen molar-refractivity contribution in [3.05, 3.63) is 83.3 Å². The van der Waals surface area contributed by atoms with Gasteiger partial charge in [-0.05, 0) is 59.8 Å². The zero-order valence-electron chi connectivity index (χ0n) is 35.7. The molecule has 2 aromatic carbocycles. The Morgan fingerprint density at radius 3 is 1.35 bits per heavy atom. The van der Waals surface area contributed by atoms with Gasteiger partial charge in [-0.15, -0.1) is 22.7 Å². The number of likely N-dealkylation sites (tertiary alicyclic amines) is 2. The van der Waals surface area contributed by atoms with Gasteiger partial charge in [-0.2, -0.15) is 0 Å². The number of aromatic nitrogens is 4. The molecule has 4 aromatic heterocycles. The third kappa shape index (κ3) is 8.45. The van der Waals surface area contributed by atoms with Crippen LogP contribution < -0.4 is 10.6 Å². The maximum absolute atomic E-state index is 13.6. The fourth-order valence-electron chi connectivity index (χ4n) is 8.57. The van der Waals surface area contributed by atoms with Crippen molar-refractivity contribution >= 4 is 56.1 Å². The van der Waals surface area contributed by atoms with E-state index in [9.17, 15) is 19.2 Å². The molecule has 16 heteroatoms. The summed E-state index contributed by atoms with van der Waals surface area (Å²) in [5.74, 6) is 1.00. The Kier molecular flexibility index (Phi) is 12.5. The first kappa shape index (κ1) is 42.7. The smallest absolute Gasteiger partial charge is 0.407 e. The van der Waals surface area contributed by atoms with Crippen LogP contribution in [0.3, 0.4) is 0 Å². The number of imidazole rings is 2. The van der Waals surface area contributed by atoms with Gasteiger partial charge in [-0.25, -0.2) is 19.6 Å². The quantitative estimate of drug-likeness (QED) is 0.0942. The summed E-state index contributed by atoms with van der Waals surface area (Å²) in [5.41, 5.74) is 8.41. The number of alkyl carbamates (subject to hydrolysis) is 2. The molecule has 2 aliphatic rings. The topological polar surface area (TPSA) is 175 Å². The van der Waals surface area contributed by atoms with Gasteiger partial charge < -0.3 is 39.9 Å². The molecule has 0 aliphatic carbocycles. The van der Waals surface area contributed by atoms with E-state index in [4.69, 9.17) is 19.4 Å². The third-order valence-corrected chi connectivity index (χ3v) is 14.1. The van der Waals surface area contributed by atoms with Crippen molar-refractivity contribution in [2.45, 2.75) is 77.5 Å². The van der Waals surface area contributed by atoms with Gasteiger partial charge in [0.05, 0.1) is 59.5 Å². The van der Waals surface area contributed by atoms with Gasteiger partial charge in [-0.3, -0.25) is 9.59 Å². The van der Waals surface area contributed by atoms with Crippen molar-refractivity contribution in [2.75, 3.05) is 27.3 Å². The Morgan fingerprint density at radius 2 is 1.00 bits per heavy atom. The highest BCUT2D eigenvalue weighted by atomic mass is 32.1. The lowest BCUT2D eigenvalue weighted by Gasteiger charge is -2.30. The molecule has 62 heavy (non-hydrogen) atoms. The molecule has 6 heterocycles. The summed E-state index contributed by atoms with van der Waals surface area (Å²) in [7, 11) is 2.59. The van der Waals surface area contributed by atoms with Gasteiger partial charge in [0, 0.05) is 35.0 Å². The van der Waals surface area contributed by atoms with Crippen LogP contribution >= 0.6 is 22.7 Å².